The van der Waals surface area contributed by atoms with Gasteiger partial charge in [0.1, 0.15) is 0 Å². The zero-order chi connectivity index (χ0) is 18.9. The summed E-state index contributed by atoms with van der Waals surface area (Å²) in [5.41, 5.74) is -1.75. The van der Waals surface area contributed by atoms with Crippen LogP contribution in [-0.2, 0) is 9.53 Å². The number of ether oxygens (including phenoxy) is 1. The first-order valence-electron chi connectivity index (χ1n) is 8.27. The standard InChI is InChI=1S/C17H19F3N2O4/c18-17(19,20)16(15(24)25)5-6-22(11-16)14(23)12-1-3-13(4-2-12)21-7-9-26-10-8-21/h1-4H,5-11H2,(H,24,25). The maximum atomic E-state index is 13.2. The molecule has 6 nitrogen and oxygen atoms in total. The summed E-state index contributed by atoms with van der Waals surface area (Å²) in [7, 11) is 0. The van der Waals surface area contributed by atoms with E-state index in [0.717, 1.165) is 23.7 Å². The van der Waals surface area contributed by atoms with Crippen LogP contribution in [0.1, 0.15) is 16.8 Å². The van der Waals surface area contributed by atoms with Gasteiger partial charge < -0.3 is 19.6 Å². The number of benzene rings is 1. The van der Waals surface area contributed by atoms with E-state index in [1.165, 1.54) is 0 Å². The molecule has 0 aromatic heterocycles. The number of carboxylic acid groups (broad SMARTS) is 1. The molecule has 2 saturated heterocycles. The number of amides is 1. The molecule has 0 radical (unpaired) electrons. The van der Waals surface area contributed by atoms with Crippen molar-refractivity contribution in [1.29, 1.82) is 0 Å². The molecule has 0 saturated carbocycles. The van der Waals surface area contributed by atoms with Gasteiger partial charge in [-0.05, 0) is 30.7 Å². The highest BCUT2D eigenvalue weighted by molar-refractivity contribution is 5.95. The average molecular weight is 372 g/mol. The van der Waals surface area contributed by atoms with Crippen molar-refractivity contribution in [3.8, 4) is 0 Å². The Morgan fingerprint density at radius 3 is 2.19 bits per heavy atom. The Morgan fingerprint density at radius 2 is 1.69 bits per heavy atom. The largest absolute Gasteiger partial charge is 0.481 e. The van der Waals surface area contributed by atoms with E-state index in [2.05, 4.69) is 4.90 Å². The molecule has 26 heavy (non-hydrogen) atoms. The van der Waals surface area contributed by atoms with Crippen LogP contribution >= 0.6 is 0 Å². The SMILES string of the molecule is O=C(c1ccc(N2CCOCC2)cc1)N1CCC(C(=O)O)(C(F)(F)F)C1. The van der Waals surface area contributed by atoms with Crippen molar-refractivity contribution in [3.05, 3.63) is 29.8 Å². The smallest absolute Gasteiger partial charge is 0.406 e. The number of rotatable bonds is 3. The van der Waals surface area contributed by atoms with Crippen LogP contribution in [0.5, 0.6) is 0 Å². The van der Waals surface area contributed by atoms with E-state index in [9.17, 15) is 22.8 Å². The lowest BCUT2D eigenvalue weighted by Crippen LogP contribution is -2.47. The van der Waals surface area contributed by atoms with Gasteiger partial charge in [0.05, 0.1) is 13.2 Å². The lowest BCUT2D eigenvalue weighted by atomic mass is 9.86. The Hall–Kier alpha value is -2.29. The van der Waals surface area contributed by atoms with Gasteiger partial charge in [-0.15, -0.1) is 0 Å². The topological polar surface area (TPSA) is 70.1 Å². The summed E-state index contributed by atoms with van der Waals surface area (Å²) >= 11 is 0. The van der Waals surface area contributed by atoms with Crippen molar-refractivity contribution in [2.45, 2.75) is 12.6 Å². The summed E-state index contributed by atoms with van der Waals surface area (Å²) in [5, 5.41) is 9.08. The Bertz CT molecular complexity index is 686. The van der Waals surface area contributed by atoms with Crippen molar-refractivity contribution in [2.75, 3.05) is 44.3 Å². The van der Waals surface area contributed by atoms with Gasteiger partial charge in [-0.1, -0.05) is 0 Å². The molecule has 2 aliphatic rings. The zero-order valence-electron chi connectivity index (χ0n) is 14.0. The summed E-state index contributed by atoms with van der Waals surface area (Å²) < 4.78 is 45.0. The predicted octanol–water partition coefficient (Wildman–Crippen LogP) is 2.00. The fourth-order valence-corrected chi connectivity index (χ4v) is 3.33. The third-order valence-electron chi connectivity index (χ3n) is 5.00. The maximum Gasteiger partial charge on any atom is 0.406 e. The van der Waals surface area contributed by atoms with Crippen molar-refractivity contribution < 1.29 is 32.6 Å². The molecular weight excluding hydrogens is 353 g/mol. The number of carboxylic acids is 1. The van der Waals surface area contributed by atoms with E-state index in [-0.39, 0.29) is 12.1 Å². The number of nitrogens with zero attached hydrogens (tertiary/aromatic N) is 2. The van der Waals surface area contributed by atoms with Crippen LogP contribution < -0.4 is 4.90 Å². The van der Waals surface area contributed by atoms with Gasteiger partial charge in [0.15, 0.2) is 5.41 Å². The maximum absolute atomic E-state index is 13.2. The van der Waals surface area contributed by atoms with E-state index in [4.69, 9.17) is 9.84 Å². The highest BCUT2D eigenvalue weighted by Crippen LogP contribution is 2.46. The van der Waals surface area contributed by atoms with Crippen LogP contribution in [0.3, 0.4) is 0 Å². The fourth-order valence-electron chi connectivity index (χ4n) is 3.33. The Morgan fingerprint density at radius 1 is 1.08 bits per heavy atom. The molecule has 142 valence electrons. The molecule has 2 heterocycles. The van der Waals surface area contributed by atoms with Gasteiger partial charge in [0.25, 0.3) is 5.91 Å². The third-order valence-corrected chi connectivity index (χ3v) is 5.00. The summed E-state index contributed by atoms with van der Waals surface area (Å²) in [5.74, 6) is -2.53. The van der Waals surface area contributed by atoms with E-state index >= 15 is 0 Å². The zero-order valence-corrected chi connectivity index (χ0v) is 14.0. The van der Waals surface area contributed by atoms with Crippen LogP contribution in [0, 0.1) is 5.41 Å². The summed E-state index contributed by atoms with van der Waals surface area (Å²) in [6.45, 7) is 1.58. The molecule has 1 aromatic carbocycles. The molecule has 1 amide bonds. The molecule has 1 atom stereocenters. The van der Waals surface area contributed by atoms with Crippen LogP contribution in [0.4, 0.5) is 18.9 Å². The number of aliphatic carboxylic acids is 1. The van der Waals surface area contributed by atoms with Gasteiger partial charge in [-0.3, -0.25) is 9.59 Å². The first kappa shape index (κ1) is 18.5. The second-order valence-corrected chi connectivity index (χ2v) is 6.51. The Kier molecular flexibility index (Phi) is 4.83. The number of likely N-dealkylation sites (tertiary alicyclic amines) is 1. The fraction of sp³-hybridized carbons (Fsp3) is 0.529. The molecule has 2 aliphatic heterocycles. The predicted molar refractivity (Wildman–Crippen MR) is 86.1 cm³/mol. The molecule has 1 unspecified atom stereocenters. The van der Waals surface area contributed by atoms with E-state index in [1.807, 2.05) is 0 Å². The summed E-state index contributed by atoms with van der Waals surface area (Å²) in [6.07, 6.45) is -5.54. The highest BCUT2D eigenvalue weighted by atomic mass is 19.4. The third kappa shape index (κ3) is 3.23. The normalized spacial score (nSPS) is 24.0. The second kappa shape index (κ2) is 6.79. The number of hydrogen-bond acceptors (Lipinski definition) is 4. The quantitative estimate of drug-likeness (QED) is 0.879. The van der Waals surface area contributed by atoms with E-state index < -0.39 is 36.4 Å². The highest BCUT2D eigenvalue weighted by Gasteiger charge is 2.64. The van der Waals surface area contributed by atoms with Crippen molar-refractivity contribution >= 4 is 17.6 Å². The first-order chi connectivity index (χ1) is 12.2. The number of morpholine rings is 1. The molecule has 3 rings (SSSR count). The monoisotopic (exact) mass is 372 g/mol. The molecule has 0 spiro atoms. The van der Waals surface area contributed by atoms with Crippen LogP contribution in [-0.4, -0.2) is 67.5 Å². The molecule has 0 aliphatic carbocycles. The Balaban J connectivity index is 1.73. The minimum absolute atomic E-state index is 0.240. The molecule has 9 heteroatoms. The second-order valence-electron chi connectivity index (χ2n) is 6.51. The first-order valence-corrected chi connectivity index (χ1v) is 8.27. The number of alkyl halides is 3. The minimum atomic E-state index is -4.91. The van der Waals surface area contributed by atoms with Crippen molar-refractivity contribution in [1.82, 2.24) is 4.90 Å². The molecule has 2 fully saturated rings. The Labute approximate surface area is 148 Å². The molecule has 0 bridgehead atoms. The van der Waals surface area contributed by atoms with Gasteiger partial charge in [-0.25, -0.2) is 0 Å². The minimum Gasteiger partial charge on any atom is -0.481 e. The number of carbonyl (C=O) groups is 2. The summed E-state index contributed by atoms with van der Waals surface area (Å²) in [4.78, 5) is 26.8. The number of carbonyl (C=O) groups excluding carboxylic acids is 1. The number of anilines is 1. The molecular formula is C17H19F3N2O4. The van der Waals surface area contributed by atoms with E-state index in [1.54, 1.807) is 24.3 Å². The van der Waals surface area contributed by atoms with Crippen LogP contribution in [0.15, 0.2) is 24.3 Å². The van der Waals surface area contributed by atoms with Gasteiger partial charge >= 0.3 is 12.1 Å². The number of hydrogen-bond donors (Lipinski definition) is 1. The summed E-state index contributed by atoms with van der Waals surface area (Å²) in [6, 6.07) is 6.59. The van der Waals surface area contributed by atoms with Gasteiger partial charge in [0, 0.05) is 37.4 Å². The number of halogens is 3. The molecule has 1 N–H and O–H groups in total. The molecule has 1 aromatic rings. The van der Waals surface area contributed by atoms with E-state index in [0.29, 0.717) is 13.2 Å². The van der Waals surface area contributed by atoms with Crippen molar-refractivity contribution in [2.24, 2.45) is 5.41 Å². The lowest BCUT2D eigenvalue weighted by Gasteiger charge is -2.29. The average Bonchev–Trinajstić information content (AvgIpc) is 3.09. The van der Waals surface area contributed by atoms with Crippen molar-refractivity contribution in [3.63, 3.8) is 0 Å². The lowest BCUT2D eigenvalue weighted by molar-refractivity contribution is -0.227. The van der Waals surface area contributed by atoms with Crippen LogP contribution in [0.25, 0.3) is 0 Å². The van der Waals surface area contributed by atoms with Gasteiger partial charge in [-0.2, -0.15) is 13.2 Å². The van der Waals surface area contributed by atoms with Gasteiger partial charge in [0.2, 0.25) is 0 Å². The van der Waals surface area contributed by atoms with Crippen LogP contribution in [0.2, 0.25) is 0 Å².